The maximum atomic E-state index is 9.81. The highest BCUT2D eigenvalue weighted by molar-refractivity contribution is 6.14. The van der Waals surface area contributed by atoms with E-state index in [4.69, 9.17) is 5.21 Å². The number of rotatable bonds is 2. The molecule has 0 saturated carbocycles. The molecule has 2 aromatic rings. The van der Waals surface area contributed by atoms with E-state index < -0.39 is 0 Å². The number of phenolic OH excluding ortho intramolecular Hbond substituents is 1. The van der Waals surface area contributed by atoms with Crippen molar-refractivity contribution in [1.29, 1.82) is 0 Å². The predicted octanol–water partition coefficient (Wildman–Crippen LogP) is 2.93. The molecule has 0 saturated heterocycles. The van der Waals surface area contributed by atoms with Gasteiger partial charge in [0.05, 0.1) is 0 Å². The van der Waals surface area contributed by atoms with E-state index in [9.17, 15) is 5.11 Å². The first-order valence-corrected chi connectivity index (χ1v) is 5.30. The molecule has 0 aliphatic heterocycles. The summed E-state index contributed by atoms with van der Waals surface area (Å²) in [5, 5.41) is 22.2. The Morgan fingerprint density at radius 2 is 1.76 bits per heavy atom. The molecular formula is C14H13NO2. The van der Waals surface area contributed by atoms with E-state index in [0.717, 1.165) is 11.1 Å². The lowest BCUT2D eigenvalue weighted by Crippen LogP contribution is -2.03. The highest BCUT2D eigenvalue weighted by atomic mass is 16.4. The van der Waals surface area contributed by atoms with E-state index in [1.807, 2.05) is 37.3 Å². The standard InChI is InChI=1S/C14H13NO2/c1-10-7-8-13(16)12(9-10)14(15-17)11-5-3-2-4-6-11/h2-9,16-17H,1H3/b15-14-. The first-order chi connectivity index (χ1) is 8.22. The van der Waals surface area contributed by atoms with Gasteiger partial charge in [0.1, 0.15) is 11.5 Å². The molecule has 2 rings (SSSR count). The van der Waals surface area contributed by atoms with Crippen LogP contribution in [0.1, 0.15) is 16.7 Å². The Hall–Kier alpha value is -2.29. The average Bonchev–Trinajstić information content (AvgIpc) is 2.36. The second-order valence-corrected chi connectivity index (χ2v) is 3.84. The number of aryl methyl sites for hydroxylation is 1. The maximum Gasteiger partial charge on any atom is 0.125 e. The summed E-state index contributed by atoms with van der Waals surface area (Å²) in [5.74, 6) is 0.104. The largest absolute Gasteiger partial charge is 0.507 e. The normalized spacial score (nSPS) is 11.5. The van der Waals surface area contributed by atoms with Crippen molar-refractivity contribution >= 4 is 5.71 Å². The lowest BCUT2D eigenvalue weighted by molar-refractivity contribution is 0.319. The monoisotopic (exact) mass is 227 g/mol. The Kier molecular flexibility index (Phi) is 3.10. The topological polar surface area (TPSA) is 52.8 Å². The zero-order valence-corrected chi connectivity index (χ0v) is 9.46. The second kappa shape index (κ2) is 4.70. The van der Waals surface area contributed by atoms with Crippen molar-refractivity contribution in [1.82, 2.24) is 0 Å². The third kappa shape index (κ3) is 2.28. The number of hydrogen-bond donors (Lipinski definition) is 2. The predicted molar refractivity (Wildman–Crippen MR) is 66.7 cm³/mol. The van der Waals surface area contributed by atoms with Crippen LogP contribution in [0, 0.1) is 6.92 Å². The number of hydrogen-bond acceptors (Lipinski definition) is 3. The summed E-state index contributed by atoms with van der Waals surface area (Å²) >= 11 is 0. The van der Waals surface area contributed by atoms with Gasteiger partial charge >= 0.3 is 0 Å². The number of aromatic hydroxyl groups is 1. The molecule has 0 radical (unpaired) electrons. The van der Waals surface area contributed by atoms with E-state index >= 15 is 0 Å². The molecule has 0 aliphatic carbocycles. The van der Waals surface area contributed by atoms with E-state index in [0.29, 0.717) is 11.3 Å². The van der Waals surface area contributed by atoms with Gasteiger partial charge in [-0.05, 0) is 19.1 Å². The summed E-state index contributed by atoms with van der Waals surface area (Å²) < 4.78 is 0. The van der Waals surface area contributed by atoms with Crippen molar-refractivity contribution in [3.05, 3.63) is 65.2 Å². The van der Waals surface area contributed by atoms with Gasteiger partial charge in [0, 0.05) is 11.1 Å². The van der Waals surface area contributed by atoms with Crippen LogP contribution in [0.5, 0.6) is 5.75 Å². The molecule has 3 nitrogen and oxygen atoms in total. The maximum absolute atomic E-state index is 9.81. The molecule has 0 atom stereocenters. The van der Waals surface area contributed by atoms with Crippen LogP contribution in [0.2, 0.25) is 0 Å². The van der Waals surface area contributed by atoms with E-state index in [1.54, 1.807) is 18.2 Å². The third-order valence-corrected chi connectivity index (χ3v) is 2.55. The van der Waals surface area contributed by atoms with E-state index in [-0.39, 0.29) is 5.75 Å². The molecule has 0 bridgehead atoms. The van der Waals surface area contributed by atoms with Crippen LogP contribution >= 0.6 is 0 Å². The minimum absolute atomic E-state index is 0.104. The third-order valence-electron chi connectivity index (χ3n) is 2.55. The van der Waals surface area contributed by atoms with Crippen molar-refractivity contribution in [3.8, 4) is 5.75 Å². The van der Waals surface area contributed by atoms with Crippen molar-refractivity contribution in [3.63, 3.8) is 0 Å². The van der Waals surface area contributed by atoms with Crippen LogP contribution in [0.15, 0.2) is 53.7 Å². The highest BCUT2D eigenvalue weighted by Gasteiger charge is 2.11. The van der Waals surface area contributed by atoms with Gasteiger partial charge in [-0.1, -0.05) is 47.1 Å². The van der Waals surface area contributed by atoms with Gasteiger partial charge in [-0.3, -0.25) is 0 Å². The smallest absolute Gasteiger partial charge is 0.125 e. The first kappa shape index (κ1) is 11.2. The number of benzene rings is 2. The zero-order chi connectivity index (χ0) is 12.3. The van der Waals surface area contributed by atoms with Gasteiger partial charge < -0.3 is 10.3 Å². The summed E-state index contributed by atoms with van der Waals surface area (Å²) in [6, 6.07) is 14.4. The molecule has 0 amide bonds. The van der Waals surface area contributed by atoms with Crippen LogP contribution < -0.4 is 0 Å². The summed E-state index contributed by atoms with van der Waals surface area (Å²) in [5.41, 5.74) is 2.65. The molecule has 3 heteroatoms. The molecule has 0 aliphatic rings. The number of nitrogens with zero attached hydrogens (tertiary/aromatic N) is 1. The van der Waals surface area contributed by atoms with Gasteiger partial charge in [-0.2, -0.15) is 0 Å². The van der Waals surface area contributed by atoms with Crippen LogP contribution in [0.3, 0.4) is 0 Å². The van der Waals surface area contributed by atoms with Gasteiger partial charge in [0.2, 0.25) is 0 Å². The van der Waals surface area contributed by atoms with Gasteiger partial charge in [0.15, 0.2) is 0 Å². The molecule has 2 N–H and O–H groups in total. The summed E-state index contributed by atoms with van der Waals surface area (Å²) in [6.45, 7) is 1.92. The Bertz CT molecular complexity index is 547. The van der Waals surface area contributed by atoms with Crippen LogP contribution in [0.25, 0.3) is 0 Å². The minimum atomic E-state index is 0.104. The Labute approximate surface area is 99.7 Å². The van der Waals surface area contributed by atoms with Gasteiger partial charge in [0.25, 0.3) is 0 Å². The van der Waals surface area contributed by atoms with E-state index in [1.165, 1.54) is 0 Å². The number of oxime groups is 1. The lowest BCUT2D eigenvalue weighted by atomic mass is 10.00. The van der Waals surface area contributed by atoms with Gasteiger partial charge in [-0.25, -0.2) is 0 Å². The fourth-order valence-electron chi connectivity index (χ4n) is 1.70. The van der Waals surface area contributed by atoms with E-state index in [2.05, 4.69) is 5.16 Å². The summed E-state index contributed by atoms with van der Waals surface area (Å²) in [4.78, 5) is 0. The Balaban J connectivity index is 2.54. The molecule has 0 spiro atoms. The van der Waals surface area contributed by atoms with Crippen molar-refractivity contribution in [2.45, 2.75) is 6.92 Å². The van der Waals surface area contributed by atoms with Crippen molar-refractivity contribution in [2.24, 2.45) is 5.16 Å². The molecular weight excluding hydrogens is 214 g/mol. The fraction of sp³-hybridized carbons (Fsp3) is 0.0714. The molecule has 0 fully saturated rings. The fourth-order valence-corrected chi connectivity index (χ4v) is 1.70. The average molecular weight is 227 g/mol. The molecule has 0 heterocycles. The molecule has 86 valence electrons. The summed E-state index contributed by atoms with van der Waals surface area (Å²) in [7, 11) is 0. The van der Waals surface area contributed by atoms with Crippen LogP contribution in [-0.4, -0.2) is 16.0 Å². The Morgan fingerprint density at radius 3 is 2.41 bits per heavy atom. The SMILES string of the molecule is Cc1ccc(O)c(/C(=N\O)c2ccccc2)c1. The quantitative estimate of drug-likeness (QED) is 0.471. The lowest BCUT2D eigenvalue weighted by Gasteiger charge is -2.08. The number of phenols is 1. The minimum Gasteiger partial charge on any atom is -0.507 e. The second-order valence-electron chi connectivity index (χ2n) is 3.84. The zero-order valence-electron chi connectivity index (χ0n) is 9.46. The van der Waals surface area contributed by atoms with Crippen molar-refractivity contribution < 1.29 is 10.3 Å². The molecule has 0 unspecified atom stereocenters. The Morgan fingerprint density at radius 1 is 1.06 bits per heavy atom. The van der Waals surface area contributed by atoms with Crippen LogP contribution in [-0.2, 0) is 0 Å². The molecule has 2 aromatic carbocycles. The van der Waals surface area contributed by atoms with Crippen LogP contribution in [0.4, 0.5) is 0 Å². The highest BCUT2D eigenvalue weighted by Crippen LogP contribution is 2.22. The summed E-state index contributed by atoms with van der Waals surface area (Å²) in [6.07, 6.45) is 0. The molecule has 0 aromatic heterocycles. The van der Waals surface area contributed by atoms with Crippen molar-refractivity contribution in [2.75, 3.05) is 0 Å². The van der Waals surface area contributed by atoms with Gasteiger partial charge in [-0.15, -0.1) is 0 Å². The first-order valence-electron chi connectivity index (χ1n) is 5.30. The molecule has 17 heavy (non-hydrogen) atoms.